The van der Waals surface area contributed by atoms with Gasteiger partial charge in [0.2, 0.25) is 0 Å². The van der Waals surface area contributed by atoms with Crippen LogP contribution < -0.4 is 5.73 Å². The fourth-order valence-electron chi connectivity index (χ4n) is 1.07. The van der Waals surface area contributed by atoms with E-state index in [0.717, 1.165) is 0 Å². The third-order valence-corrected chi connectivity index (χ3v) is 1.66. The summed E-state index contributed by atoms with van der Waals surface area (Å²) in [7, 11) is 1.50. The lowest BCUT2D eigenvalue weighted by Gasteiger charge is -2.29. The average molecular weight is 218 g/mol. The lowest BCUT2D eigenvalue weighted by molar-refractivity contribution is -0.00676. The molecule has 0 aromatic rings. The van der Waals surface area contributed by atoms with E-state index in [1.54, 1.807) is 4.90 Å². The minimum absolute atomic E-state index is 0.240. The van der Waals surface area contributed by atoms with Gasteiger partial charge < -0.3 is 20.1 Å². The molecule has 0 radical (unpaired) electrons. The SMILES string of the molecule is CC(C)(C)OC(=O)N1CCOCC1.CN. The first-order valence-electron chi connectivity index (χ1n) is 5.12. The minimum atomic E-state index is -0.407. The predicted octanol–water partition coefficient (Wildman–Crippen LogP) is 0.829. The van der Waals surface area contributed by atoms with E-state index in [1.165, 1.54) is 7.05 Å². The van der Waals surface area contributed by atoms with E-state index >= 15 is 0 Å². The van der Waals surface area contributed by atoms with E-state index in [0.29, 0.717) is 26.3 Å². The third-order valence-electron chi connectivity index (χ3n) is 1.66. The van der Waals surface area contributed by atoms with Crippen molar-refractivity contribution in [2.24, 2.45) is 5.73 Å². The molecular weight excluding hydrogens is 196 g/mol. The largest absolute Gasteiger partial charge is 0.444 e. The van der Waals surface area contributed by atoms with Crippen molar-refractivity contribution in [3.8, 4) is 0 Å². The highest BCUT2D eigenvalue weighted by molar-refractivity contribution is 5.68. The van der Waals surface area contributed by atoms with Gasteiger partial charge in [-0.25, -0.2) is 4.79 Å². The van der Waals surface area contributed by atoms with Crippen molar-refractivity contribution in [3.05, 3.63) is 0 Å². The Balaban J connectivity index is 0.000000921. The Kier molecular flexibility index (Phi) is 6.27. The number of hydrogen-bond donors (Lipinski definition) is 1. The predicted molar refractivity (Wildman–Crippen MR) is 58.7 cm³/mol. The Hall–Kier alpha value is -0.810. The zero-order valence-corrected chi connectivity index (χ0v) is 10.1. The van der Waals surface area contributed by atoms with Gasteiger partial charge in [-0.05, 0) is 27.8 Å². The summed E-state index contributed by atoms with van der Waals surface area (Å²) in [6.07, 6.45) is -0.240. The molecule has 1 rings (SSSR count). The molecule has 1 aliphatic heterocycles. The number of nitrogens with two attached hydrogens (primary N) is 1. The summed E-state index contributed by atoms with van der Waals surface area (Å²) in [6.45, 7) is 8.09. The monoisotopic (exact) mass is 218 g/mol. The van der Waals surface area contributed by atoms with Crippen LogP contribution in [0.5, 0.6) is 0 Å². The van der Waals surface area contributed by atoms with E-state index in [4.69, 9.17) is 9.47 Å². The van der Waals surface area contributed by atoms with Crippen LogP contribution in [-0.4, -0.2) is 49.9 Å². The van der Waals surface area contributed by atoms with Gasteiger partial charge in [-0.2, -0.15) is 0 Å². The molecule has 15 heavy (non-hydrogen) atoms. The molecule has 1 fully saturated rings. The first kappa shape index (κ1) is 14.2. The Morgan fingerprint density at radius 2 is 1.73 bits per heavy atom. The van der Waals surface area contributed by atoms with Gasteiger partial charge in [-0.15, -0.1) is 0 Å². The van der Waals surface area contributed by atoms with Crippen molar-refractivity contribution >= 4 is 6.09 Å². The van der Waals surface area contributed by atoms with Gasteiger partial charge in [0, 0.05) is 13.1 Å². The number of rotatable bonds is 0. The maximum atomic E-state index is 11.5. The van der Waals surface area contributed by atoms with Crippen LogP contribution in [0.3, 0.4) is 0 Å². The molecule has 0 spiro atoms. The topological polar surface area (TPSA) is 64.8 Å². The van der Waals surface area contributed by atoms with Crippen LogP contribution in [0.2, 0.25) is 0 Å². The molecule has 0 bridgehead atoms. The lowest BCUT2D eigenvalue weighted by atomic mass is 10.2. The van der Waals surface area contributed by atoms with E-state index < -0.39 is 5.60 Å². The van der Waals surface area contributed by atoms with Crippen molar-refractivity contribution in [1.29, 1.82) is 0 Å². The normalized spacial score (nSPS) is 16.5. The Labute approximate surface area is 91.5 Å². The first-order chi connectivity index (χ1) is 6.99. The maximum absolute atomic E-state index is 11.5. The Morgan fingerprint density at radius 1 is 1.27 bits per heavy atom. The average Bonchev–Trinajstić information content (AvgIpc) is 2.20. The second-order valence-electron chi connectivity index (χ2n) is 4.08. The molecule has 5 nitrogen and oxygen atoms in total. The Bertz CT molecular complexity index is 184. The van der Waals surface area contributed by atoms with E-state index in [9.17, 15) is 4.79 Å². The van der Waals surface area contributed by atoms with Crippen LogP contribution >= 0.6 is 0 Å². The molecule has 0 aromatic carbocycles. The van der Waals surface area contributed by atoms with Crippen LogP contribution in [0.15, 0.2) is 0 Å². The number of hydrogen-bond acceptors (Lipinski definition) is 4. The number of carbonyl (C=O) groups excluding carboxylic acids is 1. The standard InChI is InChI=1S/C9H17NO3.CH5N/c1-9(2,3)13-8(11)10-4-6-12-7-5-10;1-2/h4-7H2,1-3H3;2H2,1H3. The number of carbonyl (C=O) groups is 1. The smallest absolute Gasteiger partial charge is 0.410 e. The molecule has 1 amide bonds. The highest BCUT2D eigenvalue weighted by Gasteiger charge is 2.23. The van der Waals surface area contributed by atoms with E-state index in [-0.39, 0.29) is 6.09 Å². The van der Waals surface area contributed by atoms with Crippen molar-refractivity contribution < 1.29 is 14.3 Å². The molecule has 0 unspecified atom stereocenters. The molecule has 90 valence electrons. The molecule has 0 aliphatic carbocycles. The van der Waals surface area contributed by atoms with Crippen LogP contribution in [0.4, 0.5) is 4.79 Å². The van der Waals surface area contributed by atoms with Crippen molar-refractivity contribution in [2.45, 2.75) is 26.4 Å². The van der Waals surface area contributed by atoms with Gasteiger partial charge in [0.05, 0.1) is 13.2 Å². The van der Waals surface area contributed by atoms with Crippen molar-refractivity contribution in [1.82, 2.24) is 4.90 Å². The third kappa shape index (κ3) is 6.30. The van der Waals surface area contributed by atoms with Crippen LogP contribution in [-0.2, 0) is 9.47 Å². The molecule has 1 saturated heterocycles. The summed E-state index contributed by atoms with van der Waals surface area (Å²) in [5, 5.41) is 0. The molecule has 0 atom stereocenters. The molecular formula is C10H22N2O3. The molecule has 5 heteroatoms. The zero-order valence-electron chi connectivity index (χ0n) is 10.1. The van der Waals surface area contributed by atoms with E-state index in [2.05, 4.69) is 5.73 Å². The fraction of sp³-hybridized carbons (Fsp3) is 0.900. The summed E-state index contributed by atoms with van der Waals surface area (Å²) < 4.78 is 10.3. The highest BCUT2D eigenvalue weighted by atomic mass is 16.6. The zero-order chi connectivity index (χ0) is 11.9. The Morgan fingerprint density at radius 3 is 2.13 bits per heavy atom. The van der Waals surface area contributed by atoms with Crippen molar-refractivity contribution in [3.63, 3.8) is 0 Å². The summed E-state index contributed by atoms with van der Waals surface area (Å²) >= 11 is 0. The quantitative estimate of drug-likeness (QED) is 0.654. The van der Waals surface area contributed by atoms with Gasteiger partial charge >= 0.3 is 6.09 Å². The van der Waals surface area contributed by atoms with Gasteiger partial charge in [0.25, 0.3) is 0 Å². The number of morpholine rings is 1. The minimum Gasteiger partial charge on any atom is -0.444 e. The number of amides is 1. The maximum Gasteiger partial charge on any atom is 0.410 e. The molecule has 2 N–H and O–H groups in total. The van der Waals surface area contributed by atoms with Gasteiger partial charge in [0.15, 0.2) is 0 Å². The second-order valence-corrected chi connectivity index (χ2v) is 4.08. The van der Waals surface area contributed by atoms with Gasteiger partial charge in [-0.3, -0.25) is 0 Å². The fourth-order valence-corrected chi connectivity index (χ4v) is 1.07. The first-order valence-corrected chi connectivity index (χ1v) is 5.12. The summed E-state index contributed by atoms with van der Waals surface area (Å²) in [6, 6.07) is 0. The van der Waals surface area contributed by atoms with Crippen LogP contribution in [0.25, 0.3) is 0 Å². The van der Waals surface area contributed by atoms with Gasteiger partial charge in [0.1, 0.15) is 5.60 Å². The molecule has 0 saturated carbocycles. The molecule has 0 aromatic heterocycles. The summed E-state index contributed by atoms with van der Waals surface area (Å²) in [5.74, 6) is 0. The molecule has 1 aliphatic rings. The highest BCUT2D eigenvalue weighted by Crippen LogP contribution is 2.10. The van der Waals surface area contributed by atoms with Gasteiger partial charge in [-0.1, -0.05) is 0 Å². The second kappa shape index (κ2) is 6.63. The van der Waals surface area contributed by atoms with E-state index in [1.807, 2.05) is 20.8 Å². The lowest BCUT2D eigenvalue weighted by Crippen LogP contribution is -2.43. The van der Waals surface area contributed by atoms with Crippen molar-refractivity contribution in [2.75, 3.05) is 33.4 Å². The summed E-state index contributed by atoms with van der Waals surface area (Å²) in [4.78, 5) is 13.1. The number of ether oxygens (including phenoxy) is 2. The van der Waals surface area contributed by atoms with Crippen LogP contribution in [0.1, 0.15) is 20.8 Å². The molecule has 1 heterocycles. The summed E-state index contributed by atoms with van der Waals surface area (Å²) in [5.41, 5.74) is 4.09. The number of nitrogens with zero attached hydrogens (tertiary/aromatic N) is 1. The van der Waals surface area contributed by atoms with Crippen LogP contribution in [0, 0.1) is 0 Å².